The van der Waals surface area contributed by atoms with Crippen LogP contribution in [0.2, 0.25) is 0 Å². The highest BCUT2D eigenvalue weighted by Gasteiger charge is 2.51. The summed E-state index contributed by atoms with van der Waals surface area (Å²) in [6.45, 7) is 0. The summed E-state index contributed by atoms with van der Waals surface area (Å²) >= 11 is 0. The summed E-state index contributed by atoms with van der Waals surface area (Å²) in [4.78, 5) is 56.5. The van der Waals surface area contributed by atoms with E-state index in [9.17, 15) is 22.8 Å². The van der Waals surface area contributed by atoms with E-state index in [-0.39, 0.29) is 0 Å². The molecular weight excluding hydrogens is 287 g/mol. The Bertz CT molecular complexity index is 443. The fraction of sp³-hybridized carbons (Fsp3) is 0.250. The van der Waals surface area contributed by atoms with Crippen LogP contribution in [0.1, 0.15) is 0 Å². The monoisotopic (exact) mass is 293 g/mol. The molecule has 17 heavy (non-hydrogen) atoms. The van der Waals surface area contributed by atoms with Crippen LogP contribution in [0.25, 0.3) is 0 Å². The van der Waals surface area contributed by atoms with Crippen molar-refractivity contribution < 1.29 is 51.9 Å². The predicted octanol–water partition coefficient (Wildman–Crippen LogP) is -2.91. The van der Waals surface area contributed by atoms with Gasteiger partial charge in [0.05, 0.1) is 0 Å². The summed E-state index contributed by atoms with van der Waals surface area (Å²) in [5.41, 5.74) is -5.45. The summed E-state index contributed by atoms with van der Waals surface area (Å²) in [5, 5.41) is 8.24. The number of hydrogen-bond acceptors (Lipinski definition) is 9. The minimum Gasteiger partial charge on any atom is -0.478 e. The minimum absolute atomic E-state index is 2.33. The average molecular weight is 293 g/mol. The maximum absolute atomic E-state index is 10.7. The van der Waals surface area contributed by atoms with Crippen molar-refractivity contribution in [2.75, 3.05) is 0 Å². The van der Waals surface area contributed by atoms with E-state index in [0.29, 0.717) is 0 Å². The van der Waals surface area contributed by atoms with E-state index >= 15 is 0 Å². The zero-order valence-electron chi connectivity index (χ0n) is 7.62. The van der Waals surface area contributed by atoms with Crippen LogP contribution in [0.5, 0.6) is 0 Å². The third-order valence-corrected chi connectivity index (χ3v) is 2.70. The van der Waals surface area contributed by atoms with Gasteiger partial charge in [-0.1, -0.05) is 0 Å². The van der Waals surface area contributed by atoms with Crippen LogP contribution >= 0.6 is 7.94 Å². The predicted molar refractivity (Wildman–Crippen MR) is 47.6 cm³/mol. The average Bonchev–Trinajstić information content (AvgIpc) is 2.08. The van der Waals surface area contributed by atoms with E-state index < -0.39 is 41.0 Å². The van der Waals surface area contributed by atoms with Gasteiger partial charge in [0.1, 0.15) is 0 Å². The van der Waals surface area contributed by atoms with Gasteiger partial charge in [-0.15, -0.1) is 0 Å². The van der Waals surface area contributed by atoms with Gasteiger partial charge in [-0.05, 0) is 0 Å². The van der Waals surface area contributed by atoms with Gasteiger partial charge in [0.25, 0.3) is 0 Å². The first-order valence-corrected chi connectivity index (χ1v) is 6.54. The van der Waals surface area contributed by atoms with Gasteiger partial charge in [-0.3, -0.25) is 4.55 Å². The molecule has 1 unspecified atom stereocenters. The normalized spacial score (nSPS) is 13.9. The molecule has 0 heterocycles. The van der Waals surface area contributed by atoms with Crippen LogP contribution in [0, 0.1) is 0 Å². The molecule has 0 spiro atoms. The molecule has 0 aromatic carbocycles. The Morgan fingerprint density at radius 3 is 1.76 bits per heavy atom. The fourth-order valence-electron chi connectivity index (χ4n) is 0.509. The van der Waals surface area contributed by atoms with E-state index in [2.05, 4.69) is 4.74 Å². The molecular formula is C4H6O11PS+. The first kappa shape index (κ1) is 15.8. The highest BCUT2D eigenvalue weighted by Crippen LogP contribution is 2.45. The topological polar surface area (TPSA) is 196 Å². The molecule has 13 heteroatoms. The third-order valence-electron chi connectivity index (χ3n) is 1.13. The van der Waals surface area contributed by atoms with Crippen molar-refractivity contribution in [1.29, 1.82) is 0 Å². The molecule has 0 aromatic rings. The number of esters is 1. The van der Waals surface area contributed by atoms with E-state index in [1.54, 1.807) is 0 Å². The molecule has 98 valence electrons. The van der Waals surface area contributed by atoms with Gasteiger partial charge in [0.15, 0.2) is 0 Å². The van der Waals surface area contributed by atoms with Crippen LogP contribution in [0.15, 0.2) is 0 Å². The summed E-state index contributed by atoms with van der Waals surface area (Å²) in [5.74, 6) is -4.66. The number of carbonyl (C=O) groups is 3. The summed E-state index contributed by atoms with van der Waals surface area (Å²) in [6, 6.07) is 0. The van der Waals surface area contributed by atoms with Gasteiger partial charge >= 0.3 is 41.0 Å². The number of aliphatic carboxylic acids is 1. The Labute approximate surface area is 93.6 Å². The van der Waals surface area contributed by atoms with Gasteiger partial charge < -0.3 is 9.84 Å². The zero-order chi connectivity index (χ0) is 14.0. The number of ether oxygens (including phenoxy) is 1. The first-order chi connectivity index (χ1) is 7.37. The number of carboxylic acid groups (broad SMARTS) is 1. The second kappa shape index (κ2) is 5.00. The Balaban J connectivity index is 5.02. The van der Waals surface area contributed by atoms with Crippen molar-refractivity contribution in [3.63, 3.8) is 0 Å². The van der Waals surface area contributed by atoms with Crippen LogP contribution in [-0.4, -0.2) is 55.7 Å². The van der Waals surface area contributed by atoms with E-state index in [1.165, 1.54) is 0 Å². The molecule has 0 amide bonds. The van der Waals surface area contributed by atoms with Crippen molar-refractivity contribution >= 4 is 35.5 Å². The van der Waals surface area contributed by atoms with Crippen molar-refractivity contribution in [2.45, 2.75) is 5.44 Å². The van der Waals surface area contributed by atoms with Crippen LogP contribution in [0.4, 0.5) is 0 Å². The van der Waals surface area contributed by atoms with Crippen molar-refractivity contribution in [3.05, 3.63) is 0 Å². The molecule has 5 N–H and O–H groups in total. The van der Waals surface area contributed by atoms with E-state index in [1.807, 2.05) is 0 Å². The van der Waals surface area contributed by atoms with Crippen molar-refractivity contribution in [1.82, 2.24) is 0 Å². The minimum atomic E-state index is -5.37. The second-order valence-electron chi connectivity index (χ2n) is 2.46. The molecule has 0 saturated heterocycles. The van der Waals surface area contributed by atoms with Crippen LogP contribution in [0.3, 0.4) is 0 Å². The Hall–Kier alpha value is -1.17. The number of rotatable bonds is 5. The van der Waals surface area contributed by atoms with E-state index in [4.69, 9.17) is 24.3 Å². The maximum atomic E-state index is 10.7. The quantitative estimate of drug-likeness (QED) is 0.151. The van der Waals surface area contributed by atoms with Crippen LogP contribution < -0.4 is 0 Å². The van der Waals surface area contributed by atoms with Gasteiger partial charge in [-0.25, -0.2) is 14.4 Å². The molecule has 0 aliphatic heterocycles. The summed E-state index contributed by atoms with van der Waals surface area (Å²) in [6.07, 6.45) is 0. The molecule has 0 saturated carbocycles. The Morgan fingerprint density at radius 1 is 1.12 bits per heavy atom. The second-order valence-corrected chi connectivity index (χ2v) is 5.46. The molecule has 0 aliphatic rings. The molecule has 0 aromatic heterocycles. The summed E-state index contributed by atoms with van der Waals surface area (Å²) < 4.78 is 32.6. The lowest BCUT2D eigenvalue weighted by Crippen LogP contribution is -2.37. The van der Waals surface area contributed by atoms with Crippen molar-refractivity contribution in [2.24, 2.45) is 0 Å². The number of carboxylic acids is 1. The summed E-state index contributed by atoms with van der Waals surface area (Å²) in [7, 11) is -10.7. The van der Waals surface area contributed by atoms with Crippen molar-refractivity contribution in [3.8, 4) is 0 Å². The molecule has 0 radical (unpaired) electrons. The maximum Gasteiger partial charge on any atom is 0.491 e. The Kier molecular flexibility index (Phi) is 4.65. The highest BCUT2D eigenvalue weighted by molar-refractivity contribution is 7.87. The molecule has 0 aliphatic carbocycles. The fourth-order valence-corrected chi connectivity index (χ4v) is 1.27. The highest BCUT2D eigenvalue weighted by atomic mass is 32.2. The Morgan fingerprint density at radius 2 is 1.53 bits per heavy atom. The molecule has 11 nitrogen and oxygen atoms in total. The lowest BCUT2D eigenvalue weighted by molar-refractivity contribution is -0.161. The first-order valence-electron chi connectivity index (χ1n) is 3.39. The van der Waals surface area contributed by atoms with Crippen LogP contribution in [-0.2, 0) is 29.2 Å². The molecule has 1 atom stereocenters. The van der Waals surface area contributed by atoms with Gasteiger partial charge in [-0.2, -0.15) is 23.1 Å². The standard InChI is InChI=1S/C4H5O11PS/c5-1(6)4(17(12,13)14)15-2(7)3(8)16(9,10)11/h4,9-11H,(H-,5,6,12,13,14)/p+1. The molecule has 0 fully saturated rings. The van der Waals surface area contributed by atoms with E-state index in [0.717, 1.165) is 0 Å². The molecule has 0 bridgehead atoms. The smallest absolute Gasteiger partial charge is 0.478 e. The van der Waals surface area contributed by atoms with Gasteiger partial charge in [0, 0.05) is 0 Å². The SMILES string of the molecule is O=C(OC(C(=O)O)S(=O)(=O)O)C(=O)[P+](O)(O)O. The largest absolute Gasteiger partial charge is 0.491 e. The lowest BCUT2D eigenvalue weighted by atomic mass is 10.7. The third kappa shape index (κ3) is 4.68. The molecule has 0 rings (SSSR count). The number of hydrogen-bond donors (Lipinski definition) is 5. The zero-order valence-corrected chi connectivity index (χ0v) is 9.33. The van der Waals surface area contributed by atoms with Gasteiger partial charge in [0.2, 0.25) is 0 Å². The lowest BCUT2D eigenvalue weighted by Gasteiger charge is -2.09. The number of carbonyl (C=O) groups excluding carboxylic acids is 2.